The Morgan fingerprint density at radius 2 is 1.56 bits per heavy atom. The average Bonchev–Trinajstić information content (AvgIpc) is 2.38. The van der Waals surface area contributed by atoms with Crippen molar-refractivity contribution in [2.45, 2.75) is 58.3 Å². The molecule has 0 amide bonds. The Hall–Kier alpha value is -1.11. The van der Waals surface area contributed by atoms with Gasteiger partial charge in [0.15, 0.2) is 5.78 Å². The molecule has 1 fully saturated rings. The highest BCUT2D eigenvalue weighted by molar-refractivity contribution is 5.97. The third-order valence-corrected chi connectivity index (χ3v) is 4.12. The van der Waals surface area contributed by atoms with Crippen LogP contribution in [0.3, 0.4) is 0 Å². The molecule has 0 bridgehead atoms. The van der Waals surface area contributed by atoms with Crippen molar-refractivity contribution in [2.24, 2.45) is 5.92 Å². The van der Waals surface area contributed by atoms with Crippen molar-refractivity contribution < 1.29 is 4.79 Å². The second-order valence-corrected chi connectivity index (χ2v) is 5.46. The lowest BCUT2D eigenvalue weighted by molar-refractivity contribution is 0.0898. The van der Waals surface area contributed by atoms with Crippen LogP contribution in [0.2, 0.25) is 0 Å². The van der Waals surface area contributed by atoms with E-state index in [-0.39, 0.29) is 5.92 Å². The highest BCUT2D eigenvalue weighted by Crippen LogP contribution is 2.25. The molecule has 0 radical (unpaired) electrons. The van der Waals surface area contributed by atoms with Gasteiger partial charge in [-0.05, 0) is 24.8 Å². The minimum atomic E-state index is 0.276. The molecule has 1 aliphatic carbocycles. The van der Waals surface area contributed by atoms with Crippen LogP contribution in [0.15, 0.2) is 24.3 Å². The van der Waals surface area contributed by atoms with E-state index in [0.29, 0.717) is 5.78 Å². The van der Waals surface area contributed by atoms with Crippen LogP contribution in [0.4, 0.5) is 0 Å². The minimum Gasteiger partial charge on any atom is -0.294 e. The number of Topliss-reactive ketones (excluding diaryl/α,β-unsaturated/α-hetero) is 1. The highest BCUT2D eigenvalue weighted by atomic mass is 16.1. The Kier molecular flexibility index (Phi) is 4.98. The molecule has 18 heavy (non-hydrogen) atoms. The lowest BCUT2D eigenvalue weighted by atomic mass is 9.85. The van der Waals surface area contributed by atoms with Crippen molar-refractivity contribution in [2.75, 3.05) is 0 Å². The van der Waals surface area contributed by atoms with Gasteiger partial charge in [0.25, 0.3) is 0 Å². The predicted molar refractivity (Wildman–Crippen MR) is 76.0 cm³/mol. The number of rotatable bonds is 3. The number of hydrogen-bond acceptors (Lipinski definition) is 1. The number of aryl methyl sites for hydroxylation is 1. The lowest BCUT2D eigenvalue weighted by Gasteiger charge is -2.18. The second kappa shape index (κ2) is 6.72. The molecule has 0 spiro atoms. The van der Waals surface area contributed by atoms with Crippen molar-refractivity contribution in [3.8, 4) is 0 Å². The Labute approximate surface area is 111 Å². The van der Waals surface area contributed by atoms with Gasteiger partial charge in [-0.15, -0.1) is 0 Å². The Bertz CT molecular complexity index is 369. The summed E-state index contributed by atoms with van der Waals surface area (Å²) in [5, 5.41) is 0. The van der Waals surface area contributed by atoms with Crippen LogP contribution in [0.1, 0.15) is 67.8 Å². The van der Waals surface area contributed by atoms with Gasteiger partial charge in [0.1, 0.15) is 0 Å². The summed E-state index contributed by atoms with van der Waals surface area (Å²) in [5.74, 6) is 0.650. The van der Waals surface area contributed by atoms with Crippen LogP contribution in [0.5, 0.6) is 0 Å². The van der Waals surface area contributed by atoms with Crippen molar-refractivity contribution in [3.63, 3.8) is 0 Å². The molecule has 0 unspecified atom stereocenters. The zero-order valence-corrected chi connectivity index (χ0v) is 11.5. The van der Waals surface area contributed by atoms with Gasteiger partial charge in [0.05, 0.1) is 0 Å². The molecule has 98 valence electrons. The van der Waals surface area contributed by atoms with Crippen molar-refractivity contribution in [1.82, 2.24) is 0 Å². The maximum absolute atomic E-state index is 12.5. The van der Waals surface area contributed by atoms with Crippen LogP contribution in [0.25, 0.3) is 0 Å². The van der Waals surface area contributed by atoms with E-state index in [1.165, 1.54) is 37.7 Å². The van der Waals surface area contributed by atoms with Crippen LogP contribution in [-0.2, 0) is 6.42 Å². The maximum atomic E-state index is 12.5. The molecule has 0 aromatic heterocycles. The second-order valence-electron chi connectivity index (χ2n) is 5.46. The Morgan fingerprint density at radius 1 is 1.00 bits per heavy atom. The first-order valence-electron chi connectivity index (χ1n) is 7.44. The predicted octanol–water partition coefficient (Wildman–Crippen LogP) is 4.79. The summed E-state index contributed by atoms with van der Waals surface area (Å²) in [5.41, 5.74) is 2.22. The minimum absolute atomic E-state index is 0.276. The van der Waals surface area contributed by atoms with E-state index >= 15 is 0 Å². The van der Waals surface area contributed by atoms with Crippen molar-refractivity contribution in [3.05, 3.63) is 35.4 Å². The van der Waals surface area contributed by atoms with E-state index in [9.17, 15) is 4.79 Å². The van der Waals surface area contributed by atoms with Gasteiger partial charge in [-0.25, -0.2) is 0 Å². The maximum Gasteiger partial charge on any atom is 0.165 e. The molecule has 1 aliphatic rings. The third kappa shape index (κ3) is 3.44. The van der Waals surface area contributed by atoms with E-state index in [2.05, 4.69) is 19.1 Å². The molecule has 1 aromatic carbocycles. The van der Waals surface area contributed by atoms with Gasteiger partial charge in [-0.1, -0.05) is 63.3 Å². The van der Waals surface area contributed by atoms with E-state index in [0.717, 1.165) is 24.8 Å². The molecule has 0 aliphatic heterocycles. The number of ketones is 1. The number of carbonyl (C=O) groups is 1. The number of carbonyl (C=O) groups excluding carboxylic acids is 1. The monoisotopic (exact) mass is 244 g/mol. The SMILES string of the molecule is CCc1ccc(C(=O)C2CCCCCCC2)cc1. The van der Waals surface area contributed by atoms with Gasteiger partial charge in [0.2, 0.25) is 0 Å². The van der Waals surface area contributed by atoms with E-state index < -0.39 is 0 Å². The van der Waals surface area contributed by atoms with Gasteiger partial charge in [-0.3, -0.25) is 4.79 Å². The number of benzene rings is 1. The third-order valence-electron chi connectivity index (χ3n) is 4.12. The smallest absolute Gasteiger partial charge is 0.165 e. The van der Waals surface area contributed by atoms with E-state index in [1.807, 2.05) is 12.1 Å². The van der Waals surface area contributed by atoms with Crippen LogP contribution >= 0.6 is 0 Å². The van der Waals surface area contributed by atoms with Gasteiger partial charge in [-0.2, -0.15) is 0 Å². The van der Waals surface area contributed by atoms with Crippen molar-refractivity contribution in [1.29, 1.82) is 0 Å². The quantitative estimate of drug-likeness (QED) is 0.698. The molecule has 0 saturated heterocycles. The summed E-state index contributed by atoms with van der Waals surface area (Å²) in [6.45, 7) is 2.14. The average molecular weight is 244 g/mol. The van der Waals surface area contributed by atoms with Gasteiger partial charge in [0, 0.05) is 11.5 Å². The standard InChI is InChI=1S/C17H24O/c1-2-14-10-12-16(13-11-14)17(18)15-8-6-4-3-5-7-9-15/h10-13,15H,2-9H2,1H3. The van der Waals surface area contributed by atoms with Crippen LogP contribution in [-0.4, -0.2) is 5.78 Å². The first-order valence-corrected chi connectivity index (χ1v) is 7.44. The van der Waals surface area contributed by atoms with Gasteiger partial charge < -0.3 is 0 Å². The molecule has 1 nitrogen and oxygen atoms in total. The molecule has 1 heteroatoms. The van der Waals surface area contributed by atoms with Crippen molar-refractivity contribution >= 4 is 5.78 Å². The highest BCUT2D eigenvalue weighted by Gasteiger charge is 2.20. The lowest BCUT2D eigenvalue weighted by Crippen LogP contribution is -2.16. The summed E-state index contributed by atoms with van der Waals surface area (Å²) in [4.78, 5) is 12.5. The zero-order chi connectivity index (χ0) is 12.8. The molecule has 0 N–H and O–H groups in total. The molecule has 0 atom stereocenters. The largest absolute Gasteiger partial charge is 0.294 e. The van der Waals surface area contributed by atoms with Crippen LogP contribution in [0, 0.1) is 5.92 Å². The first kappa shape index (κ1) is 13.3. The fraction of sp³-hybridized carbons (Fsp3) is 0.588. The van der Waals surface area contributed by atoms with Crippen LogP contribution < -0.4 is 0 Å². The normalized spacial score (nSPS) is 18.1. The summed E-state index contributed by atoms with van der Waals surface area (Å²) in [6.07, 6.45) is 9.64. The number of hydrogen-bond donors (Lipinski definition) is 0. The summed E-state index contributed by atoms with van der Waals surface area (Å²) < 4.78 is 0. The molecule has 1 aromatic rings. The fourth-order valence-electron chi connectivity index (χ4n) is 2.86. The van der Waals surface area contributed by atoms with E-state index in [4.69, 9.17) is 0 Å². The summed E-state index contributed by atoms with van der Waals surface area (Å²) in [6, 6.07) is 8.21. The molecule has 0 heterocycles. The summed E-state index contributed by atoms with van der Waals surface area (Å²) >= 11 is 0. The Morgan fingerprint density at radius 3 is 2.11 bits per heavy atom. The van der Waals surface area contributed by atoms with Gasteiger partial charge >= 0.3 is 0 Å². The molecule has 1 saturated carbocycles. The first-order chi connectivity index (χ1) is 8.81. The molecular formula is C17H24O. The molecule has 2 rings (SSSR count). The van der Waals surface area contributed by atoms with E-state index in [1.54, 1.807) is 0 Å². The zero-order valence-electron chi connectivity index (χ0n) is 11.5. The fourth-order valence-corrected chi connectivity index (χ4v) is 2.86. The summed E-state index contributed by atoms with van der Waals surface area (Å²) in [7, 11) is 0. The topological polar surface area (TPSA) is 17.1 Å². The molecular weight excluding hydrogens is 220 g/mol. The Balaban J connectivity index is 2.03.